The van der Waals surface area contributed by atoms with Crippen molar-refractivity contribution >= 4 is 23.7 Å². The van der Waals surface area contributed by atoms with Gasteiger partial charge in [-0.1, -0.05) is 20.3 Å². The topological polar surface area (TPSA) is 211 Å². The summed E-state index contributed by atoms with van der Waals surface area (Å²) < 4.78 is 0. The molecule has 0 spiro atoms. The summed E-state index contributed by atoms with van der Waals surface area (Å²) in [6, 6.07) is -5.69. The Bertz CT molecular complexity index is 611. The first-order valence-corrected chi connectivity index (χ1v) is 9.68. The summed E-state index contributed by atoms with van der Waals surface area (Å²) in [6.45, 7) is 7.15. The summed E-state index contributed by atoms with van der Waals surface area (Å²) in [6.07, 6.45) is -3.65. The molecule has 174 valence electrons. The molecule has 0 saturated carbocycles. The number of hydrogen-bond acceptors (Lipinski definition) is 8. The summed E-state index contributed by atoms with van der Waals surface area (Å²) in [5.41, 5.74) is 5.82. The van der Waals surface area contributed by atoms with Gasteiger partial charge in [0.25, 0.3) is 0 Å². The van der Waals surface area contributed by atoms with Crippen molar-refractivity contribution in [2.75, 3.05) is 0 Å². The third-order valence-corrected chi connectivity index (χ3v) is 4.73. The molecule has 8 atom stereocenters. The van der Waals surface area contributed by atoms with E-state index in [0.29, 0.717) is 6.42 Å². The van der Waals surface area contributed by atoms with E-state index in [1.54, 1.807) is 6.92 Å². The second-order valence-electron chi connectivity index (χ2n) is 7.43. The van der Waals surface area contributed by atoms with E-state index >= 15 is 0 Å². The van der Waals surface area contributed by atoms with Crippen LogP contribution in [0.3, 0.4) is 0 Å². The van der Waals surface area contributed by atoms with Gasteiger partial charge in [-0.05, 0) is 26.7 Å². The number of aliphatic carboxylic acids is 1. The number of amides is 3. The van der Waals surface area contributed by atoms with Crippen LogP contribution in [0.5, 0.6) is 0 Å². The molecule has 12 nitrogen and oxygen atoms in total. The van der Waals surface area contributed by atoms with Gasteiger partial charge in [0.05, 0.1) is 24.4 Å². The van der Waals surface area contributed by atoms with Crippen molar-refractivity contribution < 1.29 is 39.6 Å². The quantitative estimate of drug-likeness (QED) is 0.157. The number of aliphatic hydroxyl groups is 3. The summed E-state index contributed by atoms with van der Waals surface area (Å²) in [5, 5.41) is 44.8. The number of carboxylic acids is 1. The van der Waals surface area contributed by atoms with Gasteiger partial charge in [-0.25, -0.2) is 4.79 Å². The first kappa shape index (κ1) is 27.7. The number of carbonyl (C=O) groups excluding carboxylic acids is 3. The maximum Gasteiger partial charge on any atom is 0.328 e. The molecule has 0 aromatic rings. The lowest BCUT2D eigenvalue weighted by Crippen LogP contribution is -2.62. The molecule has 30 heavy (non-hydrogen) atoms. The highest BCUT2D eigenvalue weighted by molar-refractivity contribution is 5.94. The zero-order valence-electron chi connectivity index (χ0n) is 17.8. The highest BCUT2D eigenvalue weighted by Gasteiger charge is 2.35. The predicted octanol–water partition coefficient (Wildman–Crippen LogP) is -2.96. The number of carbonyl (C=O) groups is 4. The third kappa shape index (κ3) is 8.22. The molecule has 0 fully saturated rings. The molecule has 0 heterocycles. The first-order valence-electron chi connectivity index (χ1n) is 9.68. The summed E-state index contributed by atoms with van der Waals surface area (Å²) in [4.78, 5) is 48.3. The molecule has 8 unspecified atom stereocenters. The Balaban J connectivity index is 5.39. The van der Waals surface area contributed by atoms with Crippen molar-refractivity contribution in [3.05, 3.63) is 0 Å². The van der Waals surface area contributed by atoms with Gasteiger partial charge >= 0.3 is 5.97 Å². The summed E-state index contributed by atoms with van der Waals surface area (Å²) in [7, 11) is 0. The minimum Gasteiger partial charge on any atom is -0.480 e. The van der Waals surface area contributed by atoms with Gasteiger partial charge in [-0.3, -0.25) is 14.4 Å². The highest BCUT2D eigenvalue weighted by Crippen LogP contribution is 2.07. The van der Waals surface area contributed by atoms with Crippen molar-refractivity contribution in [3.8, 4) is 0 Å². The van der Waals surface area contributed by atoms with Gasteiger partial charge in [-0.2, -0.15) is 0 Å². The molecule has 12 heteroatoms. The van der Waals surface area contributed by atoms with Crippen LogP contribution in [0, 0.1) is 5.92 Å². The smallest absolute Gasteiger partial charge is 0.328 e. The second kappa shape index (κ2) is 12.4. The number of nitrogens with one attached hydrogen (secondary N) is 3. The van der Waals surface area contributed by atoms with E-state index in [9.17, 15) is 34.5 Å². The minimum absolute atomic E-state index is 0.188. The Morgan fingerprint density at radius 2 is 1.07 bits per heavy atom. The van der Waals surface area contributed by atoms with Crippen LogP contribution in [0.2, 0.25) is 0 Å². The predicted molar refractivity (Wildman–Crippen MR) is 106 cm³/mol. The molecule has 0 aliphatic carbocycles. The molecular weight excluding hydrogens is 400 g/mol. The molecule has 0 rings (SSSR count). The van der Waals surface area contributed by atoms with E-state index in [2.05, 4.69) is 10.6 Å². The Morgan fingerprint density at radius 1 is 0.733 bits per heavy atom. The van der Waals surface area contributed by atoms with E-state index in [4.69, 9.17) is 10.8 Å². The largest absolute Gasteiger partial charge is 0.480 e. The van der Waals surface area contributed by atoms with Crippen molar-refractivity contribution in [3.63, 3.8) is 0 Å². The van der Waals surface area contributed by atoms with Crippen LogP contribution in [0.4, 0.5) is 0 Å². The van der Waals surface area contributed by atoms with E-state index in [-0.39, 0.29) is 5.92 Å². The average Bonchev–Trinajstić information content (AvgIpc) is 2.65. The maximum absolute atomic E-state index is 12.6. The van der Waals surface area contributed by atoms with Crippen molar-refractivity contribution in [1.82, 2.24) is 16.0 Å². The van der Waals surface area contributed by atoms with Gasteiger partial charge in [0.1, 0.15) is 12.1 Å². The number of aliphatic hydroxyl groups excluding tert-OH is 3. The Hall–Kier alpha value is -2.28. The van der Waals surface area contributed by atoms with E-state index in [1.165, 1.54) is 13.8 Å². The standard InChI is InChI=1S/C18H34N4O8/c1-6-7(2)11(19)15(26)20-12(8(3)23)16(27)21-13(9(4)24)17(28)22-14(10(5)25)18(29)30/h7-14,23-25H,6,19H2,1-5H3,(H,20,26)(H,21,27)(H,22,28)(H,29,30). The molecule has 0 aromatic carbocycles. The van der Waals surface area contributed by atoms with Gasteiger partial charge in [0.15, 0.2) is 6.04 Å². The lowest BCUT2D eigenvalue weighted by atomic mass is 9.98. The Kier molecular flexibility index (Phi) is 11.5. The Morgan fingerprint density at radius 3 is 1.37 bits per heavy atom. The molecule has 0 aliphatic rings. The molecule has 0 radical (unpaired) electrons. The SMILES string of the molecule is CCC(C)C(N)C(=O)NC(C(=O)NC(C(=O)NC(C(=O)O)C(C)O)C(C)O)C(C)O. The van der Waals surface area contributed by atoms with Gasteiger partial charge in [0.2, 0.25) is 17.7 Å². The zero-order valence-corrected chi connectivity index (χ0v) is 17.8. The van der Waals surface area contributed by atoms with E-state index in [1.807, 2.05) is 12.2 Å². The molecule has 0 aromatic heterocycles. The fraction of sp³-hybridized carbons (Fsp3) is 0.778. The van der Waals surface area contributed by atoms with Crippen LogP contribution in [-0.2, 0) is 19.2 Å². The van der Waals surface area contributed by atoms with E-state index in [0.717, 1.165) is 6.92 Å². The third-order valence-electron chi connectivity index (χ3n) is 4.73. The molecule has 3 amide bonds. The fourth-order valence-corrected chi connectivity index (χ4v) is 2.45. The fourth-order valence-electron chi connectivity index (χ4n) is 2.45. The number of rotatable bonds is 12. The molecule has 0 saturated heterocycles. The van der Waals surface area contributed by atoms with Crippen molar-refractivity contribution in [2.45, 2.75) is 83.5 Å². The van der Waals surface area contributed by atoms with Crippen molar-refractivity contribution in [2.24, 2.45) is 11.7 Å². The number of carboxylic acid groups (broad SMARTS) is 1. The van der Waals surface area contributed by atoms with Crippen LogP contribution >= 0.6 is 0 Å². The second-order valence-corrected chi connectivity index (χ2v) is 7.43. The zero-order chi connectivity index (χ0) is 23.8. The number of nitrogens with two attached hydrogens (primary N) is 1. The first-order chi connectivity index (χ1) is 13.7. The molecule has 0 bridgehead atoms. The van der Waals surface area contributed by atoms with E-state index < -0.39 is 66.2 Å². The van der Waals surface area contributed by atoms with Crippen molar-refractivity contribution in [1.29, 1.82) is 0 Å². The maximum atomic E-state index is 12.6. The number of hydrogen-bond donors (Lipinski definition) is 8. The van der Waals surface area contributed by atoms with Gasteiger partial charge < -0.3 is 42.1 Å². The van der Waals surface area contributed by atoms with Crippen LogP contribution in [-0.4, -0.2) is 86.6 Å². The normalized spacial score (nSPS) is 19.2. The van der Waals surface area contributed by atoms with Gasteiger partial charge in [-0.15, -0.1) is 0 Å². The summed E-state index contributed by atoms with van der Waals surface area (Å²) in [5.74, 6) is -4.43. The van der Waals surface area contributed by atoms with Crippen LogP contribution in [0.1, 0.15) is 41.0 Å². The highest BCUT2D eigenvalue weighted by atomic mass is 16.4. The van der Waals surface area contributed by atoms with Crippen LogP contribution in [0.15, 0.2) is 0 Å². The monoisotopic (exact) mass is 434 g/mol. The summed E-state index contributed by atoms with van der Waals surface area (Å²) >= 11 is 0. The molecule has 0 aliphatic heterocycles. The molecular formula is C18H34N4O8. The van der Waals surface area contributed by atoms with Crippen LogP contribution < -0.4 is 21.7 Å². The molecule has 9 N–H and O–H groups in total. The average molecular weight is 434 g/mol. The lowest BCUT2D eigenvalue weighted by Gasteiger charge is -2.28. The Labute approximate surface area is 175 Å². The minimum atomic E-state index is -1.67. The van der Waals surface area contributed by atoms with Gasteiger partial charge in [0, 0.05) is 0 Å². The van der Waals surface area contributed by atoms with Crippen LogP contribution in [0.25, 0.3) is 0 Å². The lowest BCUT2D eigenvalue weighted by molar-refractivity contribution is -0.146.